The van der Waals surface area contributed by atoms with Gasteiger partial charge in [0.15, 0.2) is 11.5 Å². The Balaban J connectivity index is 1.41. The lowest BCUT2D eigenvalue weighted by Gasteiger charge is -2.32. The lowest BCUT2D eigenvalue weighted by Crippen LogP contribution is -2.38. The van der Waals surface area contributed by atoms with E-state index in [1.807, 2.05) is 50.2 Å². The monoisotopic (exact) mass is 450 g/mol. The van der Waals surface area contributed by atoms with Gasteiger partial charge < -0.3 is 24.4 Å². The summed E-state index contributed by atoms with van der Waals surface area (Å²) in [6, 6.07) is 11.3. The van der Waals surface area contributed by atoms with Crippen molar-refractivity contribution < 1.29 is 19.0 Å². The van der Waals surface area contributed by atoms with E-state index in [-0.39, 0.29) is 17.9 Å². The molecular formula is C25H30N4O4. The highest BCUT2D eigenvalue weighted by Gasteiger charge is 2.27. The van der Waals surface area contributed by atoms with Crippen LogP contribution in [-0.2, 0) is 4.79 Å². The molecule has 0 saturated carbocycles. The molecule has 1 N–H and O–H groups in total. The van der Waals surface area contributed by atoms with Gasteiger partial charge in [-0.2, -0.15) is 0 Å². The van der Waals surface area contributed by atoms with Crippen molar-refractivity contribution in [3.05, 3.63) is 42.7 Å². The minimum atomic E-state index is -0.0458. The van der Waals surface area contributed by atoms with E-state index in [2.05, 4.69) is 20.2 Å². The van der Waals surface area contributed by atoms with Gasteiger partial charge in [0.25, 0.3) is 0 Å². The van der Waals surface area contributed by atoms with Crippen LogP contribution < -0.4 is 24.4 Å². The van der Waals surface area contributed by atoms with Crippen LogP contribution in [0, 0.1) is 5.92 Å². The van der Waals surface area contributed by atoms with Crippen molar-refractivity contribution in [1.82, 2.24) is 9.97 Å². The van der Waals surface area contributed by atoms with Gasteiger partial charge >= 0.3 is 0 Å². The van der Waals surface area contributed by atoms with Crippen LogP contribution in [0.5, 0.6) is 17.2 Å². The summed E-state index contributed by atoms with van der Waals surface area (Å²) in [4.78, 5) is 23.9. The average Bonchev–Trinajstić information content (AvgIpc) is 2.83. The van der Waals surface area contributed by atoms with Gasteiger partial charge in [-0.15, -0.1) is 0 Å². The number of methoxy groups -OCH3 is 2. The van der Waals surface area contributed by atoms with E-state index in [9.17, 15) is 4.79 Å². The number of aromatic nitrogens is 2. The summed E-state index contributed by atoms with van der Waals surface area (Å²) in [7, 11) is 3.22. The maximum absolute atomic E-state index is 12.8. The number of hydrogen-bond acceptors (Lipinski definition) is 7. The zero-order chi connectivity index (χ0) is 23.4. The van der Waals surface area contributed by atoms with Crippen molar-refractivity contribution in [1.29, 1.82) is 0 Å². The molecule has 33 heavy (non-hydrogen) atoms. The first-order valence-corrected chi connectivity index (χ1v) is 11.2. The molecule has 1 saturated heterocycles. The second-order valence-corrected chi connectivity index (χ2v) is 8.36. The molecule has 1 aliphatic rings. The van der Waals surface area contributed by atoms with Crippen molar-refractivity contribution in [3.63, 3.8) is 0 Å². The molecule has 2 aromatic carbocycles. The summed E-state index contributed by atoms with van der Waals surface area (Å²) in [6.45, 7) is 5.44. The van der Waals surface area contributed by atoms with Crippen molar-refractivity contribution in [2.24, 2.45) is 5.92 Å². The third-order valence-electron chi connectivity index (χ3n) is 5.78. The Morgan fingerprint density at radius 2 is 1.70 bits per heavy atom. The molecule has 0 aliphatic carbocycles. The number of benzene rings is 2. The van der Waals surface area contributed by atoms with Gasteiger partial charge in [0.2, 0.25) is 5.91 Å². The van der Waals surface area contributed by atoms with Crippen LogP contribution in [0.25, 0.3) is 10.9 Å². The Hall–Kier alpha value is -3.55. The first kappa shape index (κ1) is 22.6. The van der Waals surface area contributed by atoms with Gasteiger partial charge in [-0.05, 0) is 57.0 Å². The maximum Gasteiger partial charge on any atom is 0.227 e. The molecular weight excluding hydrogens is 420 g/mol. The molecule has 0 radical (unpaired) electrons. The molecule has 174 valence electrons. The Kier molecular flexibility index (Phi) is 6.82. The molecule has 2 heterocycles. The highest BCUT2D eigenvalue weighted by molar-refractivity contribution is 5.94. The number of anilines is 2. The van der Waals surface area contributed by atoms with E-state index in [0.717, 1.165) is 54.1 Å². The molecule has 8 nitrogen and oxygen atoms in total. The number of nitrogens with one attached hydrogen (secondary N) is 1. The number of piperidine rings is 1. The Morgan fingerprint density at radius 1 is 1.03 bits per heavy atom. The van der Waals surface area contributed by atoms with Gasteiger partial charge in [-0.1, -0.05) is 0 Å². The minimum absolute atomic E-state index is 0.0458. The molecule has 0 spiro atoms. The smallest absolute Gasteiger partial charge is 0.227 e. The molecule has 4 rings (SSSR count). The van der Waals surface area contributed by atoms with E-state index in [0.29, 0.717) is 11.5 Å². The number of nitrogens with zero attached hydrogens (tertiary/aromatic N) is 3. The highest BCUT2D eigenvalue weighted by atomic mass is 16.5. The summed E-state index contributed by atoms with van der Waals surface area (Å²) >= 11 is 0. The zero-order valence-corrected chi connectivity index (χ0v) is 19.5. The fraction of sp³-hybridized carbons (Fsp3) is 0.400. The second kappa shape index (κ2) is 9.94. The van der Waals surface area contributed by atoms with Gasteiger partial charge in [0, 0.05) is 36.1 Å². The molecule has 1 fully saturated rings. The first-order chi connectivity index (χ1) is 16.0. The van der Waals surface area contributed by atoms with Gasteiger partial charge in [-0.25, -0.2) is 9.97 Å². The second-order valence-electron chi connectivity index (χ2n) is 8.36. The van der Waals surface area contributed by atoms with Gasteiger partial charge in [-0.3, -0.25) is 4.79 Å². The summed E-state index contributed by atoms with van der Waals surface area (Å²) < 4.78 is 16.5. The topological polar surface area (TPSA) is 85.8 Å². The lowest BCUT2D eigenvalue weighted by molar-refractivity contribution is -0.120. The Morgan fingerprint density at radius 3 is 2.33 bits per heavy atom. The van der Waals surface area contributed by atoms with Crippen molar-refractivity contribution in [2.75, 3.05) is 37.5 Å². The Labute approximate surface area is 193 Å². The van der Waals surface area contributed by atoms with Crippen molar-refractivity contribution in [2.45, 2.75) is 32.8 Å². The first-order valence-electron chi connectivity index (χ1n) is 11.2. The summed E-state index contributed by atoms with van der Waals surface area (Å²) in [5.41, 5.74) is 1.57. The number of amides is 1. The molecule has 0 bridgehead atoms. The van der Waals surface area contributed by atoms with E-state index in [1.54, 1.807) is 20.5 Å². The third-order valence-corrected chi connectivity index (χ3v) is 5.78. The largest absolute Gasteiger partial charge is 0.493 e. The standard InChI is InChI=1S/C25H30N4O4/c1-16(2)33-19-7-5-18(6-8-19)28-25(30)17-9-11-29(12-10-17)24-20-13-22(31-3)23(32-4)14-21(20)26-15-27-24/h5-8,13-17H,9-12H2,1-4H3,(H,28,30). The molecule has 1 aromatic heterocycles. The zero-order valence-electron chi connectivity index (χ0n) is 19.5. The van der Waals surface area contributed by atoms with E-state index in [1.165, 1.54) is 0 Å². The predicted octanol–water partition coefficient (Wildman–Crippen LogP) is 4.29. The summed E-state index contributed by atoms with van der Waals surface area (Å²) in [5, 5.41) is 3.94. The van der Waals surface area contributed by atoms with Crippen LogP contribution in [0.4, 0.5) is 11.5 Å². The molecule has 3 aromatic rings. The number of carbonyl (C=O) groups is 1. The highest BCUT2D eigenvalue weighted by Crippen LogP contribution is 2.35. The van der Waals surface area contributed by atoms with Gasteiger partial charge in [0.05, 0.1) is 25.8 Å². The minimum Gasteiger partial charge on any atom is -0.493 e. The molecule has 8 heteroatoms. The quantitative estimate of drug-likeness (QED) is 0.575. The molecule has 1 aliphatic heterocycles. The van der Waals surface area contributed by atoms with E-state index in [4.69, 9.17) is 14.2 Å². The van der Waals surface area contributed by atoms with Gasteiger partial charge in [0.1, 0.15) is 17.9 Å². The molecule has 0 unspecified atom stereocenters. The summed E-state index contributed by atoms with van der Waals surface area (Å²) in [6.07, 6.45) is 3.18. The number of fused-ring (bicyclic) bond motifs is 1. The van der Waals surface area contributed by atoms with Crippen LogP contribution in [0.15, 0.2) is 42.7 Å². The van der Waals surface area contributed by atoms with Crippen LogP contribution in [-0.4, -0.2) is 49.3 Å². The fourth-order valence-corrected chi connectivity index (χ4v) is 4.11. The number of carbonyl (C=O) groups excluding carboxylic acids is 1. The lowest BCUT2D eigenvalue weighted by atomic mass is 9.95. The van der Waals surface area contributed by atoms with Crippen LogP contribution in [0.3, 0.4) is 0 Å². The van der Waals surface area contributed by atoms with Crippen LogP contribution in [0.2, 0.25) is 0 Å². The van der Waals surface area contributed by atoms with E-state index >= 15 is 0 Å². The number of hydrogen-bond donors (Lipinski definition) is 1. The van der Waals surface area contributed by atoms with Crippen molar-refractivity contribution in [3.8, 4) is 17.2 Å². The maximum atomic E-state index is 12.8. The Bertz CT molecular complexity index is 1110. The molecule has 1 amide bonds. The van der Waals surface area contributed by atoms with Crippen LogP contribution in [0.1, 0.15) is 26.7 Å². The van der Waals surface area contributed by atoms with Crippen molar-refractivity contribution >= 4 is 28.3 Å². The molecule has 0 atom stereocenters. The predicted molar refractivity (Wildman–Crippen MR) is 128 cm³/mol. The fourth-order valence-electron chi connectivity index (χ4n) is 4.11. The third kappa shape index (κ3) is 5.10. The summed E-state index contributed by atoms with van der Waals surface area (Å²) in [5.74, 6) is 2.92. The number of rotatable bonds is 7. The van der Waals surface area contributed by atoms with E-state index < -0.39 is 0 Å². The number of ether oxygens (including phenoxy) is 3. The van der Waals surface area contributed by atoms with Crippen LogP contribution >= 0.6 is 0 Å². The SMILES string of the molecule is COc1cc2ncnc(N3CCC(C(=O)Nc4ccc(OC(C)C)cc4)CC3)c2cc1OC. The average molecular weight is 451 g/mol. The normalized spacial score (nSPS) is 14.4.